The molecule has 2 unspecified atom stereocenters. The van der Waals surface area contributed by atoms with Crippen LogP contribution in [0.15, 0.2) is 0 Å². The molecule has 1 aliphatic rings. The number of carbonyl (C=O) groups is 2. The lowest BCUT2D eigenvalue weighted by atomic mass is 10.3. The zero-order chi connectivity index (χ0) is 6.15. The highest BCUT2D eigenvalue weighted by Crippen LogP contribution is 2.35. The Balaban J connectivity index is 2.36. The predicted molar refractivity (Wildman–Crippen MR) is 26.9 cm³/mol. The van der Waals surface area contributed by atoms with E-state index in [0.717, 1.165) is 6.29 Å². The van der Waals surface area contributed by atoms with Crippen molar-refractivity contribution in [3.05, 3.63) is 0 Å². The highest BCUT2D eigenvalue weighted by molar-refractivity contribution is 5.84. The molecule has 1 fully saturated rings. The van der Waals surface area contributed by atoms with Gasteiger partial charge in [-0.1, -0.05) is 0 Å². The first-order chi connectivity index (χ1) is 3.75. The Morgan fingerprint density at radius 3 is 2.50 bits per heavy atom. The first kappa shape index (κ1) is 5.28. The summed E-state index contributed by atoms with van der Waals surface area (Å²) in [5, 5.41) is 0. The van der Waals surface area contributed by atoms with Crippen LogP contribution in [0.5, 0.6) is 0 Å². The third kappa shape index (κ3) is 0.710. The number of hydrogen-bond acceptors (Lipinski definition) is 2. The average molecular weight is 113 g/mol. The van der Waals surface area contributed by atoms with Crippen LogP contribution in [-0.4, -0.2) is 12.2 Å². The third-order valence-electron chi connectivity index (χ3n) is 1.38. The maximum Gasteiger partial charge on any atom is 0.221 e. The summed E-state index contributed by atoms with van der Waals surface area (Å²) in [5.41, 5.74) is 4.87. The minimum absolute atomic E-state index is 0.0625. The van der Waals surface area contributed by atoms with Crippen LogP contribution in [0.4, 0.5) is 0 Å². The van der Waals surface area contributed by atoms with Crippen molar-refractivity contribution in [3.63, 3.8) is 0 Å². The second kappa shape index (κ2) is 1.58. The largest absolute Gasteiger partial charge is 0.369 e. The van der Waals surface area contributed by atoms with Gasteiger partial charge in [-0.25, -0.2) is 0 Å². The summed E-state index contributed by atoms with van der Waals surface area (Å²) < 4.78 is 0. The Hall–Kier alpha value is -0.860. The Kier molecular flexibility index (Phi) is 1.04. The molecule has 1 amide bonds. The first-order valence-electron chi connectivity index (χ1n) is 2.50. The molecule has 8 heavy (non-hydrogen) atoms. The van der Waals surface area contributed by atoms with Crippen molar-refractivity contribution < 1.29 is 9.59 Å². The Morgan fingerprint density at radius 2 is 2.38 bits per heavy atom. The van der Waals surface area contributed by atoms with Gasteiger partial charge >= 0.3 is 0 Å². The Morgan fingerprint density at radius 1 is 1.75 bits per heavy atom. The molecule has 1 rings (SSSR count). The van der Waals surface area contributed by atoms with Crippen LogP contribution in [0.2, 0.25) is 0 Å². The molecule has 0 saturated heterocycles. The van der Waals surface area contributed by atoms with Crippen molar-refractivity contribution in [2.45, 2.75) is 6.42 Å². The third-order valence-corrected chi connectivity index (χ3v) is 1.38. The van der Waals surface area contributed by atoms with E-state index in [1.807, 2.05) is 0 Å². The van der Waals surface area contributed by atoms with E-state index >= 15 is 0 Å². The minimum atomic E-state index is -0.345. The van der Waals surface area contributed by atoms with Gasteiger partial charge in [0.05, 0.1) is 0 Å². The number of aldehydes is 1. The smallest absolute Gasteiger partial charge is 0.221 e. The molecule has 0 aromatic rings. The lowest BCUT2D eigenvalue weighted by Gasteiger charge is -1.81. The fraction of sp³-hybridized carbons (Fsp3) is 0.600. The molecule has 0 aromatic carbocycles. The molecule has 2 atom stereocenters. The zero-order valence-electron chi connectivity index (χ0n) is 4.33. The van der Waals surface area contributed by atoms with Crippen LogP contribution in [0.25, 0.3) is 0 Å². The molecule has 0 spiro atoms. The molecule has 0 radical (unpaired) electrons. The molecule has 1 aliphatic carbocycles. The highest BCUT2D eigenvalue weighted by Gasteiger charge is 2.41. The van der Waals surface area contributed by atoms with Gasteiger partial charge in [0, 0.05) is 11.8 Å². The van der Waals surface area contributed by atoms with Gasteiger partial charge in [0.25, 0.3) is 0 Å². The van der Waals surface area contributed by atoms with Crippen LogP contribution in [0.1, 0.15) is 6.42 Å². The van der Waals surface area contributed by atoms with Gasteiger partial charge in [-0.3, -0.25) is 4.79 Å². The number of nitrogens with two attached hydrogens (primary N) is 1. The van der Waals surface area contributed by atoms with Crippen LogP contribution < -0.4 is 5.73 Å². The van der Waals surface area contributed by atoms with Crippen molar-refractivity contribution in [2.24, 2.45) is 17.6 Å². The van der Waals surface area contributed by atoms with E-state index in [1.165, 1.54) is 0 Å². The Labute approximate surface area is 46.9 Å². The van der Waals surface area contributed by atoms with E-state index < -0.39 is 0 Å². The molecule has 3 nitrogen and oxygen atoms in total. The molecular weight excluding hydrogens is 106 g/mol. The van der Waals surface area contributed by atoms with E-state index in [2.05, 4.69) is 0 Å². The summed E-state index contributed by atoms with van der Waals surface area (Å²) in [6.07, 6.45) is 1.45. The summed E-state index contributed by atoms with van der Waals surface area (Å²) in [4.78, 5) is 20.1. The standard InChI is InChI=1S/C5H7NO2/c6-5(8)4-1-3(4)2-7/h2-4H,1H2,(H2,6,8). The predicted octanol–water partition coefficient (Wildman–Crippen LogP) is -0.693. The molecule has 0 heterocycles. The van der Waals surface area contributed by atoms with Crippen LogP contribution in [-0.2, 0) is 9.59 Å². The van der Waals surface area contributed by atoms with Gasteiger partial charge in [-0.05, 0) is 6.42 Å². The molecule has 3 heteroatoms. The first-order valence-corrected chi connectivity index (χ1v) is 2.50. The van der Waals surface area contributed by atoms with Crippen molar-refractivity contribution >= 4 is 12.2 Å². The van der Waals surface area contributed by atoms with Gasteiger partial charge in [0.2, 0.25) is 5.91 Å². The average Bonchev–Trinajstić information content (AvgIpc) is 2.42. The van der Waals surface area contributed by atoms with Gasteiger partial charge in [-0.2, -0.15) is 0 Å². The monoisotopic (exact) mass is 113 g/mol. The second-order valence-electron chi connectivity index (χ2n) is 2.04. The fourth-order valence-electron chi connectivity index (χ4n) is 0.692. The maximum absolute atomic E-state index is 10.2. The second-order valence-corrected chi connectivity index (χ2v) is 2.04. The van der Waals surface area contributed by atoms with Crippen LogP contribution in [0, 0.1) is 11.8 Å². The molecule has 1 saturated carbocycles. The quantitative estimate of drug-likeness (QED) is 0.481. The number of hydrogen-bond donors (Lipinski definition) is 1. The summed E-state index contributed by atoms with van der Waals surface area (Å²) in [6.45, 7) is 0. The van der Waals surface area contributed by atoms with Gasteiger partial charge < -0.3 is 10.5 Å². The van der Waals surface area contributed by atoms with Crippen molar-refractivity contribution in [1.29, 1.82) is 0 Å². The molecule has 0 bridgehead atoms. The van der Waals surface area contributed by atoms with E-state index in [1.54, 1.807) is 0 Å². The summed E-state index contributed by atoms with van der Waals surface area (Å²) in [6, 6.07) is 0. The summed E-state index contributed by atoms with van der Waals surface area (Å²) in [5.74, 6) is -0.554. The van der Waals surface area contributed by atoms with Gasteiger partial charge in [0.15, 0.2) is 0 Å². The normalized spacial score (nSPS) is 34.0. The zero-order valence-corrected chi connectivity index (χ0v) is 4.33. The molecular formula is C5H7NO2. The number of amides is 1. The van der Waals surface area contributed by atoms with E-state index in [9.17, 15) is 9.59 Å². The van der Waals surface area contributed by atoms with Gasteiger partial charge in [-0.15, -0.1) is 0 Å². The highest BCUT2D eigenvalue weighted by atomic mass is 16.1. The maximum atomic E-state index is 10.2. The SMILES string of the molecule is NC(=O)C1CC1C=O. The van der Waals surface area contributed by atoms with Gasteiger partial charge in [0.1, 0.15) is 6.29 Å². The Bertz CT molecular complexity index is 132. The van der Waals surface area contributed by atoms with Crippen molar-refractivity contribution in [3.8, 4) is 0 Å². The minimum Gasteiger partial charge on any atom is -0.369 e. The number of primary amides is 1. The molecule has 0 aliphatic heterocycles. The molecule has 0 aromatic heterocycles. The lowest BCUT2D eigenvalue weighted by Crippen LogP contribution is -2.14. The van der Waals surface area contributed by atoms with Crippen molar-refractivity contribution in [1.82, 2.24) is 0 Å². The number of carbonyl (C=O) groups excluding carboxylic acids is 2. The topological polar surface area (TPSA) is 60.2 Å². The van der Waals surface area contributed by atoms with E-state index in [-0.39, 0.29) is 17.7 Å². The number of rotatable bonds is 2. The van der Waals surface area contributed by atoms with Crippen LogP contribution >= 0.6 is 0 Å². The molecule has 2 N–H and O–H groups in total. The van der Waals surface area contributed by atoms with Crippen molar-refractivity contribution in [2.75, 3.05) is 0 Å². The lowest BCUT2D eigenvalue weighted by molar-refractivity contribution is -0.120. The summed E-state index contributed by atoms with van der Waals surface area (Å²) >= 11 is 0. The molecule has 44 valence electrons. The summed E-state index contributed by atoms with van der Waals surface area (Å²) in [7, 11) is 0. The van der Waals surface area contributed by atoms with E-state index in [4.69, 9.17) is 5.73 Å². The van der Waals surface area contributed by atoms with Crippen LogP contribution in [0.3, 0.4) is 0 Å². The fourth-order valence-corrected chi connectivity index (χ4v) is 0.692. The van der Waals surface area contributed by atoms with E-state index in [0.29, 0.717) is 6.42 Å².